The second-order valence-electron chi connectivity index (χ2n) is 4.68. The normalized spacial score (nSPS) is 26.8. The number of carbonyl (C=O) groups is 1. The van der Waals surface area contributed by atoms with Gasteiger partial charge in [0.1, 0.15) is 0 Å². The lowest BCUT2D eigenvalue weighted by atomic mass is 10.1. The number of rotatable bonds is 3. The van der Waals surface area contributed by atoms with Crippen LogP contribution in [0.15, 0.2) is 11.4 Å². The van der Waals surface area contributed by atoms with Crippen LogP contribution in [0.4, 0.5) is 4.39 Å². The number of hydrogen-bond acceptors (Lipinski definition) is 3. The summed E-state index contributed by atoms with van der Waals surface area (Å²) in [5.74, 6) is 0.646. The van der Waals surface area contributed by atoms with E-state index in [0.717, 1.165) is 18.6 Å². The van der Waals surface area contributed by atoms with Gasteiger partial charge < -0.3 is 10.0 Å². The number of nitrogens with zero attached hydrogens (tertiary/aromatic N) is 1. The van der Waals surface area contributed by atoms with Crippen LogP contribution in [0.25, 0.3) is 0 Å². The minimum absolute atomic E-state index is 0.0888. The molecule has 1 amide bonds. The SMILES string of the molecule is CC(=C(F)C(=O)N1CCSCC1CO)C1CC1. The largest absolute Gasteiger partial charge is 0.394 e. The third kappa shape index (κ3) is 2.83. The first-order valence-electron chi connectivity index (χ1n) is 6.01. The summed E-state index contributed by atoms with van der Waals surface area (Å²) in [6, 6.07) is -0.237. The number of hydrogen-bond donors (Lipinski definition) is 1. The van der Waals surface area contributed by atoms with Crippen molar-refractivity contribution < 1.29 is 14.3 Å². The van der Waals surface area contributed by atoms with Gasteiger partial charge in [0.15, 0.2) is 5.83 Å². The number of halogens is 1. The number of aliphatic hydroxyl groups is 1. The van der Waals surface area contributed by atoms with Gasteiger partial charge in [0, 0.05) is 18.1 Å². The Morgan fingerprint density at radius 1 is 1.53 bits per heavy atom. The molecule has 0 aromatic rings. The fraction of sp³-hybridized carbons (Fsp3) is 0.750. The molecule has 0 radical (unpaired) electrons. The minimum Gasteiger partial charge on any atom is -0.394 e. The van der Waals surface area contributed by atoms with Crippen molar-refractivity contribution in [1.29, 1.82) is 0 Å². The zero-order chi connectivity index (χ0) is 12.4. The number of thioether (sulfide) groups is 1. The third-order valence-electron chi connectivity index (χ3n) is 3.42. The van der Waals surface area contributed by atoms with Crippen LogP contribution in [-0.4, -0.2) is 46.6 Å². The van der Waals surface area contributed by atoms with Crippen LogP contribution in [0.1, 0.15) is 19.8 Å². The molecule has 0 spiro atoms. The standard InChI is InChI=1S/C12H18FNO2S/c1-8(9-2-3-9)11(13)12(16)14-4-5-17-7-10(14)6-15/h9-10,15H,2-7H2,1H3. The van der Waals surface area contributed by atoms with Gasteiger partial charge >= 0.3 is 0 Å². The van der Waals surface area contributed by atoms with Crippen molar-refractivity contribution in [2.24, 2.45) is 5.92 Å². The van der Waals surface area contributed by atoms with Gasteiger partial charge in [-0.3, -0.25) is 4.79 Å². The van der Waals surface area contributed by atoms with E-state index in [1.165, 1.54) is 4.90 Å². The maximum absolute atomic E-state index is 14.0. The van der Waals surface area contributed by atoms with Gasteiger partial charge in [0.25, 0.3) is 5.91 Å². The molecule has 1 N–H and O–H groups in total. The highest BCUT2D eigenvalue weighted by molar-refractivity contribution is 7.99. The Bertz CT molecular complexity index is 341. The lowest BCUT2D eigenvalue weighted by Gasteiger charge is -2.34. The average Bonchev–Trinajstić information content (AvgIpc) is 3.20. The quantitative estimate of drug-likeness (QED) is 0.782. The van der Waals surface area contributed by atoms with Crippen LogP contribution in [0.2, 0.25) is 0 Å². The molecule has 0 aromatic carbocycles. The Kier molecular flexibility index (Phi) is 4.09. The van der Waals surface area contributed by atoms with E-state index in [9.17, 15) is 14.3 Å². The molecular weight excluding hydrogens is 241 g/mol. The van der Waals surface area contributed by atoms with Crippen molar-refractivity contribution >= 4 is 17.7 Å². The summed E-state index contributed by atoms with van der Waals surface area (Å²) in [5, 5.41) is 9.21. The summed E-state index contributed by atoms with van der Waals surface area (Å²) in [6.07, 6.45) is 1.98. The molecule has 3 nitrogen and oxygen atoms in total. The lowest BCUT2D eigenvalue weighted by Crippen LogP contribution is -2.48. The monoisotopic (exact) mass is 259 g/mol. The predicted molar refractivity (Wildman–Crippen MR) is 66.4 cm³/mol. The van der Waals surface area contributed by atoms with Crippen molar-refractivity contribution in [3.63, 3.8) is 0 Å². The second kappa shape index (κ2) is 5.40. The summed E-state index contributed by atoms with van der Waals surface area (Å²) in [7, 11) is 0. The smallest absolute Gasteiger partial charge is 0.282 e. The van der Waals surface area contributed by atoms with E-state index in [0.29, 0.717) is 17.9 Å². The Morgan fingerprint density at radius 2 is 2.24 bits per heavy atom. The molecule has 1 heterocycles. The van der Waals surface area contributed by atoms with Crippen molar-refractivity contribution in [2.45, 2.75) is 25.8 Å². The van der Waals surface area contributed by atoms with Crippen LogP contribution < -0.4 is 0 Å². The molecule has 96 valence electrons. The van der Waals surface area contributed by atoms with E-state index in [1.807, 2.05) is 0 Å². The van der Waals surface area contributed by atoms with Crippen LogP contribution in [0, 0.1) is 5.92 Å². The minimum atomic E-state index is -0.599. The second-order valence-corrected chi connectivity index (χ2v) is 5.83. The van der Waals surface area contributed by atoms with E-state index < -0.39 is 11.7 Å². The number of carbonyl (C=O) groups excluding carboxylic acids is 1. The van der Waals surface area contributed by atoms with Gasteiger partial charge in [-0.25, -0.2) is 4.39 Å². The summed E-state index contributed by atoms with van der Waals surface area (Å²) in [5.41, 5.74) is 0.588. The van der Waals surface area contributed by atoms with Crippen LogP contribution >= 0.6 is 11.8 Å². The topological polar surface area (TPSA) is 40.5 Å². The first kappa shape index (κ1) is 12.9. The molecule has 1 unspecified atom stereocenters. The highest BCUT2D eigenvalue weighted by Gasteiger charge is 2.33. The Labute approximate surface area is 105 Å². The number of aliphatic hydroxyl groups excluding tert-OH is 1. The van der Waals surface area contributed by atoms with Gasteiger partial charge in [-0.15, -0.1) is 0 Å². The Morgan fingerprint density at radius 3 is 2.82 bits per heavy atom. The van der Waals surface area contributed by atoms with Gasteiger partial charge in [0.05, 0.1) is 12.6 Å². The molecule has 1 aliphatic carbocycles. The Balaban J connectivity index is 2.09. The molecule has 17 heavy (non-hydrogen) atoms. The summed E-state index contributed by atoms with van der Waals surface area (Å²) in [4.78, 5) is 13.5. The van der Waals surface area contributed by atoms with E-state index >= 15 is 0 Å². The molecule has 0 aromatic heterocycles. The molecule has 1 atom stereocenters. The highest BCUT2D eigenvalue weighted by atomic mass is 32.2. The molecule has 2 rings (SSSR count). The lowest BCUT2D eigenvalue weighted by molar-refractivity contribution is -0.131. The zero-order valence-corrected chi connectivity index (χ0v) is 10.8. The average molecular weight is 259 g/mol. The van der Waals surface area contributed by atoms with Crippen LogP contribution in [0.5, 0.6) is 0 Å². The van der Waals surface area contributed by atoms with Crippen molar-refractivity contribution in [3.8, 4) is 0 Å². The zero-order valence-electron chi connectivity index (χ0n) is 9.99. The van der Waals surface area contributed by atoms with Gasteiger partial charge in [0.2, 0.25) is 0 Å². The van der Waals surface area contributed by atoms with Crippen LogP contribution in [0.3, 0.4) is 0 Å². The summed E-state index contributed by atoms with van der Waals surface area (Å²) in [6.45, 7) is 2.14. The van der Waals surface area contributed by atoms with E-state index in [-0.39, 0.29) is 18.6 Å². The third-order valence-corrected chi connectivity index (χ3v) is 4.51. The Hall–Kier alpha value is -0.550. The summed E-state index contributed by atoms with van der Waals surface area (Å²) >= 11 is 1.70. The maximum atomic E-state index is 14.0. The van der Waals surface area contributed by atoms with Gasteiger partial charge in [-0.1, -0.05) is 0 Å². The fourth-order valence-corrected chi connectivity index (χ4v) is 3.11. The molecule has 0 bridgehead atoms. The van der Waals surface area contributed by atoms with Gasteiger partial charge in [-0.2, -0.15) is 11.8 Å². The van der Waals surface area contributed by atoms with Crippen molar-refractivity contribution in [3.05, 3.63) is 11.4 Å². The molecular formula is C12H18FNO2S. The first-order chi connectivity index (χ1) is 8.15. The molecule has 2 aliphatic rings. The van der Waals surface area contributed by atoms with E-state index in [1.54, 1.807) is 18.7 Å². The molecule has 1 saturated carbocycles. The van der Waals surface area contributed by atoms with E-state index in [4.69, 9.17) is 0 Å². The van der Waals surface area contributed by atoms with E-state index in [2.05, 4.69) is 0 Å². The van der Waals surface area contributed by atoms with Crippen LogP contribution in [-0.2, 0) is 4.79 Å². The molecule has 5 heteroatoms. The van der Waals surface area contributed by atoms with Gasteiger partial charge in [-0.05, 0) is 31.3 Å². The first-order valence-corrected chi connectivity index (χ1v) is 7.16. The number of amides is 1. The predicted octanol–water partition coefficient (Wildman–Crippen LogP) is 1.58. The molecule has 1 saturated heterocycles. The maximum Gasteiger partial charge on any atom is 0.282 e. The highest BCUT2D eigenvalue weighted by Crippen LogP contribution is 2.38. The van der Waals surface area contributed by atoms with Crippen molar-refractivity contribution in [2.75, 3.05) is 24.7 Å². The summed E-state index contributed by atoms with van der Waals surface area (Å²) < 4.78 is 14.0. The molecule has 2 fully saturated rings. The van der Waals surface area contributed by atoms with Crippen molar-refractivity contribution in [1.82, 2.24) is 4.90 Å². The number of allylic oxidation sites excluding steroid dienone is 1. The molecule has 1 aliphatic heterocycles. The fourth-order valence-electron chi connectivity index (χ4n) is 2.06.